The number of aliphatic hydroxyl groups is 1. The van der Waals surface area contributed by atoms with Gasteiger partial charge in [-0.25, -0.2) is 8.78 Å². The Morgan fingerprint density at radius 3 is 2.58 bits per heavy atom. The zero-order valence-corrected chi connectivity index (χ0v) is 10.6. The van der Waals surface area contributed by atoms with Crippen LogP contribution in [-0.4, -0.2) is 24.2 Å². The third kappa shape index (κ3) is 4.82. The Morgan fingerprint density at radius 1 is 1.21 bits per heavy atom. The molecule has 0 saturated heterocycles. The summed E-state index contributed by atoms with van der Waals surface area (Å²) in [6.45, 7) is 0.528. The number of amides is 1. The van der Waals surface area contributed by atoms with Crippen molar-refractivity contribution < 1.29 is 18.7 Å². The van der Waals surface area contributed by atoms with Crippen molar-refractivity contribution in [3.05, 3.63) is 29.3 Å². The number of hydrogen-bond acceptors (Lipinski definition) is 3. The summed E-state index contributed by atoms with van der Waals surface area (Å²) in [7, 11) is 0. The standard InChI is InChI=1S/C13H18F2N2O2/c14-9-7-10(12(15)11(16)8-9)13(19)17-5-3-1-2-4-6-18/h7-8,18H,1-6,16H2,(H,17,19). The molecule has 0 atom stereocenters. The first kappa shape index (κ1) is 15.4. The Kier molecular flexibility index (Phi) is 6.21. The van der Waals surface area contributed by atoms with Gasteiger partial charge in [0, 0.05) is 13.2 Å². The molecule has 1 aromatic carbocycles. The molecule has 0 radical (unpaired) electrons. The van der Waals surface area contributed by atoms with Crippen molar-refractivity contribution in [2.45, 2.75) is 25.7 Å². The average molecular weight is 272 g/mol. The number of carbonyl (C=O) groups is 1. The van der Waals surface area contributed by atoms with Gasteiger partial charge in [-0.2, -0.15) is 0 Å². The van der Waals surface area contributed by atoms with Gasteiger partial charge in [0.25, 0.3) is 5.91 Å². The van der Waals surface area contributed by atoms with Gasteiger partial charge in [0.2, 0.25) is 0 Å². The van der Waals surface area contributed by atoms with Gasteiger partial charge in [0.1, 0.15) is 5.82 Å². The molecule has 0 aliphatic rings. The van der Waals surface area contributed by atoms with Gasteiger partial charge in [-0.3, -0.25) is 4.79 Å². The first-order chi connectivity index (χ1) is 9.06. The van der Waals surface area contributed by atoms with Crippen LogP contribution in [0.2, 0.25) is 0 Å². The SMILES string of the molecule is Nc1cc(F)cc(C(=O)NCCCCCCO)c1F. The minimum atomic E-state index is -0.904. The van der Waals surface area contributed by atoms with E-state index in [-0.39, 0.29) is 17.9 Å². The molecule has 0 spiro atoms. The molecule has 19 heavy (non-hydrogen) atoms. The van der Waals surface area contributed by atoms with Crippen LogP contribution in [-0.2, 0) is 0 Å². The van der Waals surface area contributed by atoms with E-state index in [0.717, 1.165) is 37.8 Å². The number of aliphatic hydroxyl groups excluding tert-OH is 1. The summed E-state index contributed by atoms with van der Waals surface area (Å²) < 4.78 is 26.6. The number of carbonyl (C=O) groups excluding carboxylic acids is 1. The van der Waals surface area contributed by atoms with Crippen molar-refractivity contribution in [1.29, 1.82) is 0 Å². The van der Waals surface area contributed by atoms with E-state index in [2.05, 4.69) is 5.32 Å². The fourth-order valence-electron chi connectivity index (χ4n) is 1.66. The number of benzene rings is 1. The lowest BCUT2D eigenvalue weighted by molar-refractivity contribution is 0.0948. The van der Waals surface area contributed by atoms with Crippen molar-refractivity contribution in [2.75, 3.05) is 18.9 Å². The van der Waals surface area contributed by atoms with Gasteiger partial charge in [0.15, 0.2) is 5.82 Å². The highest BCUT2D eigenvalue weighted by Gasteiger charge is 2.15. The van der Waals surface area contributed by atoms with Crippen LogP contribution < -0.4 is 11.1 Å². The van der Waals surface area contributed by atoms with E-state index >= 15 is 0 Å². The Labute approximate surface area is 110 Å². The lowest BCUT2D eigenvalue weighted by Gasteiger charge is -2.07. The molecule has 0 aromatic heterocycles. The van der Waals surface area contributed by atoms with E-state index in [1.807, 2.05) is 0 Å². The summed E-state index contributed by atoms with van der Waals surface area (Å²) in [5.41, 5.74) is 4.49. The molecule has 4 nitrogen and oxygen atoms in total. The van der Waals surface area contributed by atoms with Gasteiger partial charge in [-0.05, 0) is 25.0 Å². The maximum atomic E-state index is 13.5. The summed E-state index contributed by atoms with van der Waals surface area (Å²) in [4.78, 5) is 11.6. The summed E-state index contributed by atoms with van der Waals surface area (Å²) >= 11 is 0. The number of anilines is 1. The first-order valence-corrected chi connectivity index (χ1v) is 6.20. The monoisotopic (exact) mass is 272 g/mol. The van der Waals surface area contributed by atoms with Gasteiger partial charge in [0.05, 0.1) is 11.3 Å². The second-order valence-corrected chi connectivity index (χ2v) is 4.25. The fourth-order valence-corrected chi connectivity index (χ4v) is 1.66. The topological polar surface area (TPSA) is 75.4 Å². The number of nitrogens with two attached hydrogens (primary N) is 1. The van der Waals surface area contributed by atoms with Crippen LogP contribution >= 0.6 is 0 Å². The molecular weight excluding hydrogens is 254 g/mol. The Bertz CT molecular complexity index is 439. The molecule has 0 saturated carbocycles. The van der Waals surface area contributed by atoms with Crippen LogP contribution in [0.15, 0.2) is 12.1 Å². The van der Waals surface area contributed by atoms with Crippen molar-refractivity contribution in [3.63, 3.8) is 0 Å². The highest BCUT2D eigenvalue weighted by molar-refractivity contribution is 5.95. The Morgan fingerprint density at radius 2 is 1.89 bits per heavy atom. The second-order valence-electron chi connectivity index (χ2n) is 4.25. The fraction of sp³-hybridized carbons (Fsp3) is 0.462. The minimum absolute atomic E-state index is 0.153. The molecule has 106 valence electrons. The zero-order chi connectivity index (χ0) is 14.3. The van der Waals surface area contributed by atoms with E-state index in [9.17, 15) is 13.6 Å². The van der Waals surface area contributed by atoms with Crippen LogP contribution in [0.4, 0.5) is 14.5 Å². The van der Waals surface area contributed by atoms with E-state index in [0.29, 0.717) is 6.54 Å². The van der Waals surface area contributed by atoms with E-state index in [4.69, 9.17) is 10.8 Å². The molecule has 0 bridgehead atoms. The molecule has 0 heterocycles. The van der Waals surface area contributed by atoms with Crippen LogP contribution in [0.25, 0.3) is 0 Å². The number of rotatable bonds is 7. The average Bonchev–Trinajstić information content (AvgIpc) is 2.37. The van der Waals surface area contributed by atoms with E-state index < -0.39 is 17.5 Å². The third-order valence-corrected chi connectivity index (χ3v) is 2.68. The molecule has 0 aliphatic carbocycles. The summed E-state index contributed by atoms with van der Waals surface area (Å²) in [5, 5.41) is 11.1. The zero-order valence-electron chi connectivity index (χ0n) is 10.6. The van der Waals surface area contributed by atoms with Gasteiger partial charge in [-0.15, -0.1) is 0 Å². The normalized spacial score (nSPS) is 10.5. The minimum Gasteiger partial charge on any atom is -0.396 e. The molecule has 1 amide bonds. The molecule has 1 aromatic rings. The van der Waals surface area contributed by atoms with E-state index in [1.165, 1.54) is 0 Å². The van der Waals surface area contributed by atoms with Crippen LogP contribution in [0, 0.1) is 11.6 Å². The Hall–Kier alpha value is -1.69. The van der Waals surface area contributed by atoms with Crippen molar-refractivity contribution in [1.82, 2.24) is 5.32 Å². The molecule has 1 rings (SSSR count). The van der Waals surface area contributed by atoms with Crippen molar-refractivity contribution >= 4 is 11.6 Å². The molecule has 4 N–H and O–H groups in total. The second kappa shape index (κ2) is 7.68. The number of halogens is 2. The largest absolute Gasteiger partial charge is 0.396 e. The predicted molar refractivity (Wildman–Crippen MR) is 68.7 cm³/mol. The molecule has 6 heteroatoms. The molecule has 0 fully saturated rings. The van der Waals surface area contributed by atoms with E-state index in [1.54, 1.807) is 0 Å². The van der Waals surface area contributed by atoms with Crippen molar-refractivity contribution in [2.24, 2.45) is 0 Å². The quantitative estimate of drug-likeness (QED) is 0.523. The van der Waals surface area contributed by atoms with Crippen LogP contribution in [0.1, 0.15) is 36.0 Å². The number of unbranched alkanes of at least 4 members (excludes halogenated alkanes) is 3. The molecular formula is C13H18F2N2O2. The molecule has 0 unspecified atom stereocenters. The lowest BCUT2D eigenvalue weighted by Crippen LogP contribution is -2.26. The molecule has 0 aliphatic heterocycles. The number of nitrogen functional groups attached to an aromatic ring is 1. The van der Waals surface area contributed by atoms with Gasteiger partial charge in [-0.1, -0.05) is 12.8 Å². The smallest absolute Gasteiger partial charge is 0.254 e. The van der Waals surface area contributed by atoms with Gasteiger partial charge < -0.3 is 16.2 Å². The number of hydrogen-bond donors (Lipinski definition) is 3. The van der Waals surface area contributed by atoms with Crippen LogP contribution in [0.3, 0.4) is 0 Å². The summed E-state index contributed by atoms with van der Waals surface area (Å²) in [6.07, 6.45) is 3.17. The summed E-state index contributed by atoms with van der Waals surface area (Å²) in [6, 6.07) is 1.66. The van der Waals surface area contributed by atoms with Crippen LogP contribution in [0.5, 0.6) is 0 Å². The highest BCUT2D eigenvalue weighted by atomic mass is 19.1. The van der Waals surface area contributed by atoms with Gasteiger partial charge >= 0.3 is 0 Å². The van der Waals surface area contributed by atoms with Crippen molar-refractivity contribution in [3.8, 4) is 0 Å². The lowest BCUT2D eigenvalue weighted by atomic mass is 10.1. The maximum Gasteiger partial charge on any atom is 0.254 e. The maximum absolute atomic E-state index is 13.5. The number of nitrogens with one attached hydrogen (secondary N) is 1. The summed E-state index contributed by atoms with van der Waals surface area (Å²) in [5.74, 6) is -2.32. The Balaban J connectivity index is 2.46. The predicted octanol–water partition coefficient (Wildman–Crippen LogP) is 1.83. The highest BCUT2D eigenvalue weighted by Crippen LogP contribution is 2.17. The first-order valence-electron chi connectivity index (χ1n) is 6.20. The third-order valence-electron chi connectivity index (χ3n) is 2.68.